The largest absolute Gasteiger partial charge is 0.497 e. The summed E-state index contributed by atoms with van der Waals surface area (Å²) < 4.78 is 5.25. The van der Waals surface area contributed by atoms with Gasteiger partial charge in [0.25, 0.3) is 0 Å². The fraction of sp³-hybridized carbons (Fsp3) is 0.400. The molecule has 1 fully saturated rings. The Hall–Kier alpha value is -2.00. The second kappa shape index (κ2) is 8.02. The maximum Gasteiger partial charge on any atom is 0.119 e. The van der Waals surface area contributed by atoms with E-state index in [1.54, 1.807) is 7.11 Å². The SMILES string of the molecule is COc1ccc(N2CCCN(CCc3ccccc3)CC2)cc1. The van der Waals surface area contributed by atoms with Gasteiger partial charge in [-0.05, 0) is 49.2 Å². The summed E-state index contributed by atoms with van der Waals surface area (Å²) in [6.07, 6.45) is 2.37. The maximum atomic E-state index is 5.25. The fourth-order valence-electron chi connectivity index (χ4n) is 3.18. The van der Waals surface area contributed by atoms with Gasteiger partial charge in [-0.1, -0.05) is 30.3 Å². The molecule has 23 heavy (non-hydrogen) atoms. The van der Waals surface area contributed by atoms with Crippen LogP contribution in [0.1, 0.15) is 12.0 Å². The lowest BCUT2D eigenvalue weighted by Gasteiger charge is -2.24. The van der Waals surface area contributed by atoms with Crippen LogP contribution in [0.5, 0.6) is 5.75 Å². The number of ether oxygens (including phenoxy) is 1. The normalized spacial score (nSPS) is 16.1. The third kappa shape index (κ3) is 4.49. The molecule has 0 spiro atoms. The fourth-order valence-corrected chi connectivity index (χ4v) is 3.18. The predicted molar refractivity (Wildman–Crippen MR) is 96.4 cm³/mol. The Morgan fingerprint density at radius 3 is 2.39 bits per heavy atom. The van der Waals surface area contributed by atoms with Crippen LogP contribution in [-0.4, -0.2) is 44.7 Å². The van der Waals surface area contributed by atoms with Crippen molar-refractivity contribution in [2.45, 2.75) is 12.8 Å². The smallest absolute Gasteiger partial charge is 0.119 e. The van der Waals surface area contributed by atoms with Crippen molar-refractivity contribution < 1.29 is 4.74 Å². The minimum atomic E-state index is 0.924. The highest BCUT2D eigenvalue weighted by molar-refractivity contribution is 5.49. The van der Waals surface area contributed by atoms with E-state index in [0.29, 0.717) is 0 Å². The molecule has 1 aliphatic heterocycles. The highest BCUT2D eigenvalue weighted by Gasteiger charge is 2.15. The van der Waals surface area contributed by atoms with Crippen LogP contribution >= 0.6 is 0 Å². The second-order valence-corrected chi connectivity index (χ2v) is 6.12. The van der Waals surface area contributed by atoms with E-state index >= 15 is 0 Å². The number of methoxy groups -OCH3 is 1. The minimum Gasteiger partial charge on any atom is -0.497 e. The van der Waals surface area contributed by atoms with Crippen molar-refractivity contribution in [3.8, 4) is 5.75 Å². The van der Waals surface area contributed by atoms with Crippen LogP contribution in [0, 0.1) is 0 Å². The molecular weight excluding hydrogens is 284 g/mol. The van der Waals surface area contributed by atoms with Crippen molar-refractivity contribution in [1.29, 1.82) is 0 Å². The Labute approximate surface area is 139 Å². The number of rotatable bonds is 5. The topological polar surface area (TPSA) is 15.7 Å². The van der Waals surface area contributed by atoms with Crippen molar-refractivity contribution in [1.82, 2.24) is 4.90 Å². The van der Waals surface area contributed by atoms with Gasteiger partial charge >= 0.3 is 0 Å². The van der Waals surface area contributed by atoms with Gasteiger partial charge < -0.3 is 14.5 Å². The van der Waals surface area contributed by atoms with Crippen LogP contribution in [0.3, 0.4) is 0 Å². The molecule has 2 aromatic carbocycles. The van der Waals surface area contributed by atoms with Gasteiger partial charge in [0.15, 0.2) is 0 Å². The Morgan fingerprint density at radius 1 is 0.870 bits per heavy atom. The summed E-state index contributed by atoms with van der Waals surface area (Å²) in [4.78, 5) is 5.08. The van der Waals surface area contributed by atoms with Gasteiger partial charge in [-0.25, -0.2) is 0 Å². The molecule has 0 amide bonds. The Balaban J connectivity index is 1.52. The Morgan fingerprint density at radius 2 is 1.65 bits per heavy atom. The van der Waals surface area contributed by atoms with Crippen molar-refractivity contribution >= 4 is 5.69 Å². The molecule has 3 rings (SSSR count). The molecule has 0 aromatic heterocycles. The van der Waals surface area contributed by atoms with Gasteiger partial charge in [-0.3, -0.25) is 0 Å². The molecule has 0 radical (unpaired) electrons. The molecular formula is C20H26N2O. The lowest BCUT2D eigenvalue weighted by atomic mass is 10.1. The summed E-state index contributed by atoms with van der Waals surface area (Å²) >= 11 is 0. The zero-order valence-corrected chi connectivity index (χ0v) is 13.9. The van der Waals surface area contributed by atoms with Crippen LogP contribution in [0.2, 0.25) is 0 Å². The first-order chi connectivity index (χ1) is 11.3. The van der Waals surface area contributed by atoms with Crippen molar-refractivity contribution in [2.75, 3.05) is 44.7 Å². The number of anilines is 1. The van der Waals surface area contributed by atoms with Crippen LogP contribution in [0.15, 0.2) is 54.6 Å². The number of benzene rings is 2. The second-order valence-electron chi connectivity index (χ2n) is 6.12. The van der Waals surface area contributed by atoms with Gasteiger partial charge in [0.2, 0.25) is 0 Å². The van der Waals surface area contributed by atoms with Crippen molar-refractivity contribution in [3.63, 3.8) is 0 Å². The number of hydrogen-bond acceptors (Lipinski definition) is 3. The van der Waals surface area contributed by atoms with Gasteiger partial charge in [0, 0.05) is 31.9 Å². The first-order valence-electron chi connectivity index (χ1n) is 8.50. The maximum absolute atomic E-state index is 5.25. The molecule has 3 nitrogen and oxygen atoms in total. The van der Waals surface area contributed by atoms with Crippen molar-refractivity contribution in [2.24, 2.45) is 0 Å². The van der Waals surface area contributed by atoms with Gasteiger partial charge in [0.05, 0.1) is 7.11 Å². The van der Waals surface area contributed by atoms with E-state index in [2.05, 4.69) is 52.3 Å². The molecule has 0 saturated carbocycles. The lowest BCUT2D eigenvalue weighted by Crippen LogP contribution is -2.32. The van der Waals surface area contributed by atoms with E-state index < -0.39 is 0 Å². The summed E-state index contributed by atoms with van der Waals surface area (Å²) in [5, 5.41) is 0. The lowest BCUT2D eigenvalue weighted by molar-refractivity contribution is 0.297. The van der Waals surface area contributed by atoms with E-state index in [0.717, 1.165) is 38.3 Å². The van der Waals surface area contributed by atoms with E-state index in [1.807, 2.05) is 12.1 Å². The molecule has 1 aliphatic rings. The van der Waals surface area contributed by atoms with Crippen molar-refractivity contribution in [3.05, 3.63) is 60.2 Å². The summed E-state index contributed by atoms with van der Waals surface area (Å²) in [5.41, 5.74) is 2.74. The highest BCUT2D eigenvalue weighted by atomic mass is 16.5. The van der Waals surface area contributed by atoms with E-state index in [9.17, 15) is 0 Å². The first-order valence-corrected chi connectivity index (χ1v) is 8.50. The van der Waals surface area contributed by atoms with Crippen LogP contribution in [0.4, 0.5) is 5.69 Å². The zero-order chi connectivity index (χ0) is 15.9. The monoisotopic (exact) mass is 310 g/mol. The van der Waals surface area contributed by atoms with Crippen LogP contribution in [0.25, 0.3) is 0 Å². The first kappa shape index (κ1) is 15.9. The Bertz CT molecular complexity index is 582. The van der Waals surface area contributed by atoms with Gasteiger partial charge in [-0.2, -0.15) is 0 Å². The number of nitrogens with zero attached hydrogens (tertiary/aromatic N) is 2. The molecule has 122 valence electrons. The summed E-state index contributed by atoms with van der Waals surface area (Å²) in [6.45, 7) is 5.72. The quantitative estimate of drug-likeness (QED) is 0.841. The third-order valence-electron chi connectivity index (χ3n) is 4.59. The van der Waals surface area contributed by atoms with E-state index in [4.69, 9.17) is 4.74 Å². The standard InChI is InChI=1S/C20H26N2O/c1-23-20-10-8-19(9-11-20)22-14-5-13-21(16-17-22)15-12-18-6-3-2-4-7-18/h2-4,6-11H,5,12-17H2,1H3. The van der Waals surface area contributed by atoms with Crippen LogP contribution < -0.4 is 9.64 Å². The third-order valence-corrected chi connectivity index (χ3v) is 4.59. The molecule has 0 N–H and O–H groups in total. The molecule has 0 bridgehead atoms. The molecule has 1 heterocycles. The van der Waals surface area contributed by atoms with E-state index in [1.165, 1.54) is 24.2 Å². The van der Waals surface area contributed by atoms with Gasteiger partial charge in [-0.15, -0.1) is 0 Å². The predicted octanol–water partition coefficient (Wildman–Crippen LogP) is 3.45. The average Bonchev–Trinajstić information content (AvgIpc) is 2.87. The van der Waals surface area contributed by atoms with E-state index in [-0.39, 0.29) is 0 Å². The molecule has 1 saturated heterocycles. The molecule has 3 heteroatoms. The molecule has 2 aromatic rings. The van der Waals surface area contributed by atoms with Gasteiger partial charge in [0.1, 0.15) is 5.75 Å². The summed E-state index contributed by atoms with van der Waals surface area (Å²) in [5.74, 6) is 0.924. The molecule has 0 aliphatic carbocycles. The molecule has 0 unspecified atom stereocenters. The zero-order valence-electron chi connectivity index (χ0n) is 13.9. The highest BCUT2D eigenvalue weighted by Crippen LogP contribution is 2.20. The summed E-state index contributed by atoms with van der Waals surface area (Å²) in [6, 6.07) is 19.2. The summed E-state index contributed by atoms with van der Waals surface area (Å²) in [7, 11) is 1.71. The molecule has 0 atom stereocenters. The van der Waals surface area contributed by atoms with Crippen LogP contribution in [-0.2, 0) is 6.42 Å². The average molecular weight is 310 g/mol. The minimum absolute atomic E-state index is 0.924. The Kier molecular flexibility index (Phi) is 5.54. The number of hydrogen-bond donors (Lipinski definition) is 0.